The van der Waals surface area contributed by atoms with Gasteiger partial charge in [-0.05, 0) is 155 Å². The number of nitrogens with zero attached hydrogens (tertiary/aromatic N) is 2. The SMILES string of the molecule is CC(C)(C)OC(=O)N(CC/C=C/C(=O)O)CCOc1ccc(I)cc1.CCOC(=O)/C=C/CCN(CCOc1ccc(I)cc1)C(=O)OC(C)(C)C. The number of esters is 1. The van der Waals surface area contributed by atoms with Crippen molar-refractivity contribution in [2.75, 3.05) is 46.0 Å². The monoisotopic (exact) mass is 950 g/mol. The molecule has 0 unspecified atom stereocenters. The molecule has 0 bridgehead atoms. The zero-order valence-electron chi connectivity index (χ0n) is 31.1. The number of amides is 2. The predicted molar refractivity (Wildman–Crippen MR) is 217 cm³/mol. The van der Waals surface area contributed by atoms with Crippen molar-refractivity contribution in [3.63, 3.8) is 0 Å². The van der Waals surface area contributed by atoms with E-state index in [1.807, 2.05) is 69.3 Å². The second-order valence-corrected chi connectivity index (χ2v) is 15.5. The molecule has 52 heavy (non-hydrogen) atoms. The van der Waals surface area contributed by atoms with Gasteiger partial charge in [-0.25, -0.2) is 19.2 Å². The fourth-order valence-corrected chi connectivity index (χ4v) is 4.58. The molecule has 0 aliphatic rings. The molecule has 12 nitrogen and oxygen atoms in total. The average Bonchev–Trinajstić information content (AvgIpc) is 3.03. The molecule has 2 rings (SSSR count). The summed E-state index contributed by atoms with van der Waals surface area (Å²) in [5, 5.41) is 8.62. The Kier molecular flexibility index (Phi) is 22.0. The number of carboxylic acids is 1. The second kappa shape index (κ2) is 24.7. The van der Waals surface area contributed by atoms with Gasteiger partial charge in [-0.1, -0.05) is 12.2 Å². The Balaban J connectivity index is 0.000000522. The fraction of sp³-hybridized carbons (Fsp3) is 0.474. The Morgan fingerprint density at radius 2 is 1.04 bits per heavy atom. The maximum atomic E-state index is 12.4. The summed E-state index contributed by atoms with van der Waals surface area (Å²) in [6.45, 7) is 15.1. The van der Waals surface area contributed by atoms with Crippen LogP contribution >= 0.6 is 45.2 Å². The van der Waals surface area contributed by atoms with E-state index in [2.05, 4.69) is 45.2 Å². The predicted octanol–water partition coefficient (Wildman–Crippen LogP) is 8.35. The Labute approximate surface area is 335 Å². The van der Waals surface area contributed by atoms with Gasteiger partial charge in [-0.3, -0.25) is 0 Å². The molecule has 0 spiro atoms. The molecule has 2 amide bonds. The lowest BCUT2D eigenvalue weighted by atomic mass is 10.2. The van der Waals surface area contributed by atoms with Crippen molar-refractivity contribution in [3.8, 4) is 11.5 Å². The summed E-state index contributed by atoms with van der Waals surface area (Å²) in [4.78, 5) is 49.6. The number of hydrogen-bond donors (Lipinski definition) is 1. The minimum Gasteiger partial charge on any atom is -0.492 e. The summed E-state index contributed by atoms with van der Waals surface area (Å²) in [5.41, 5.74) is -1.17. The van der Waals surface area contributed by atoms with Gasteiger partial charge in [0.25, 0.3) is 0 Å². The van der Waals surface area contributed by atoms with Crippen LogP contribution in [0.15, 0.2) is 72.8 Å². The normalized spacial score (nSPS) is 11.3. The topological polar surface area (TPSA) is 141 Å². The van der Waals surface area contributed by atoms with E-state index in [1.165, 1.54) is 17.1 Å². The molecule has 0 saturated carbocycles. The molecular formula is C38H52I2N2O10. The molecule has 1 N–H and O–H groups in total. The van der Waals surface area contributed by atoms with Crippen molar-refractivity contribution in [1.29, 1.82) is 0 Å². The van der Waals surface area contributed by atoms with Crippen LogP contribution < -0.4 is 9.47 Å². The number of benzene rings is 2. The van der Waals surface area contributed by atoms with Crippen LogP contribution in [-0.4, -0.2) is 96.2 Å². The molecule has 0 saturated heterocycles. The van der Waals surface area contributed by atoms with Crippen molar-refractivity contribution >= 4 is 69.3 Å². The molecule has 0 fully saturated rings. The van der Waals surface area contributed by atoms with E-state index in [0.29, 0.717) is 58.8 Å². The molecule has 0 heterocycles. The van der Waals surface area contributed by atoms with Gasteiger partial charge in [0.05, 0.1) is 19.7 Å². The molecule has 14 heteroatoms. The zero-order chi connectivity index (χ0) is 39.2. The standard InChI is InChI=1S/C20H28INO5.C18H24INO5/c1-5-25-18(23)8-6-7-13-22(19(24)27-20(2,3)4)14-15-26-17-11-9-16(21)10-12-17;1-18(2,3)25-17(23)20(11-5-4-6-16(21)22)12-13-24-15-9-7-14(19)8-10-15/h6,8-12H,5,7,13-15H2,1-4H3;4,6-10H,5,11-13H2,1-3H3,(H,21,22)/b8-6+;6-4+. The Bertz CT molecular complexity index is 1430. The van der Waals surface area contributed by atoms with Gasteiger partial charge >= 0.3 is 24.1 Å². The highest BCUT2D eigenvalue weighted by Crippen LogP contribution is 2.16. The minimum atomic E-state index is -1.01. The summed E-state index contributed by atoms with van der Waals surface area (Å²) in [7, 11) is 0. The second-order valence-electron chi connectivity index (χ2n) is 13.0. The summed E-state index contributed by atoms with van der Waals surface area (Å²) in [6, 6.07) is 15.3. The van der Waals surface area contributed by atoms with Gasteiger partial charge in [0.2, 0.25) is 0 Å². The highest BCUT2D eigenvalue weighted by atomic mass is 127. The van der Waals surface area contributed by atoms with E-state index in [1.54, 1.807) is 38.7 Å². The first-order valence-corrected chi connectivity index (χ1v) is 19.0. The van der Waals surface area contributed by atoms with Crippen LogP contribution in [0.1, 0.15) is 61.3 Å². The van der Waals surface area contributed by atoms with Crippen molar-refractivity contribution in [2.45, 2.75) is 72.5 Å². The molecule has 288 valence electrons. The van der Waals surface area contributed by atoms with Gasteiger partial charge in [0, 0.05) is 32.4 Å². The van der Waals surface area contributed by atoms with Crippen LogP contribution in [0.2, 0.25) is 0 Å². The molecule has 0 aliphatic carbocycles. The lowest BCUT2D eigenvalue weighted by Crippen LogP contribution is -2.39. The number of aliphatic carboxylic acids is 1. The lowest BCUT2D eigenvalue weighted by Gasteiger charge is -2.27. The summed E-state index contributed by atoms with van der Waals surface area (Å²) in [6.07, 6.45) is 5.74. The van der Waals surface area contributed by atoms with Crippen LogP contribution in [-0.2, 0) is 23.8 Å². The van der Waals surface area contributed by atoms with E-state index in [-0.39, 0.29) is 5.97 Å². The molecule has 0 aromatic heterocycles. The molecule has 0 radical (unpaired) electrons. The van der Waals surface area contributed by atoms with Gasteiger partial charge in [0.15, 0.2) is 0 Å². The first-order valence-electron chi connectivity index (χ1n) is 16.8. The van der Waals surface area contributed by atoms with Gasteiger partial charge in [0.1, 0.15) is 35.9 Å². The molecule has 0 aliphatic heterocycles. The molecule has 2 aromatic rings. The number of hydrogen-bond acceptors (Lipinski definition) is 9. The highest BCUT2D eigenvalue weighted by molar-refractivity contribution is 14.1. The van der Waals surface area contributed by atoms with Crippen LogP contribution in [0.3, 0.4) is 0 Å². The van der Waals surface area contributed by atoms with Gasteiger partial charge in [-0.15, -0.1) is 0 Å². The number of carbonyl (C=O) groups is 4. The smallest absolute Gasteiger partial charge is 0.410 e. The van der Waals surface area contributed by atoms with Gasteiger partial charge < -0.3 is 38.6 Å². The third-order valence-corrected chi connectivity index (χ3v) is 7.56. The lowest BCUT2D eigenvalue weighted by molar-refractivity contribution is -0.137. The Morgan fingerprint density at radius 1 is 0.654 bits per heavy atom. The van der Waals surface area contributed by atoms with Crippen LogP contribution in [0.5, 0.6) is 11.5 Å². The van der Waals surface area contributed by atoms with E-state index >= 15 is 0 Å². The number of halogens is 2. The third-order valence-electron chi connectivity index (χ3n) is 6.12. The van der Waals surface area contributed by atoms with E-state index < -0.39 is 29.4 Å². The fourth-order valence-electron chi connectivity index (χ4n) is 3.87. The first-order chi connectivity index (χ1) is 24.4. The van der Waals surface area contributed by atoms with Crippen molar-refractivity contribution in [2.24, 2.45) is 0 Å². The molecular weight excluding hydrogens is 898 g/mol. The number of rotatable bonds is 17. The maximum absolute atomic E-state index is 12.4. The Hall–Kier alpha value is -3.54. The van der Waals surface area contributed by atoms with Crippen molar-refractivity contribution in [1.82, 2.24) is 9.80 Å². The van der Waals surface area contributed by atoms with Crippen molar-refractivity contribution < 1.29 is 48.0 Å². The van der Waals surface area contributed by atoms with Crippen molar-refractivity contribution in [3.05, 3.63) is 80.0 Å². The van der Waals surface area contributed by atoms with E-state index in [0.717, 1.165) is 24.7 Å². The minimum absolute atomic E-state index is 0.322. The van der Waals surface area contributed by atoms with Crippen LogP contribution in [0.25, 0.3) is 0 Å². The third kappa shape index (κ3) is 23.8. The largest absolute Gasteiger partial charge is 0.492 e. The first kappa shape index (κ1) is 46.5. The van der Waals surface area contributed by atoms with Crippen LogP contribution in [0.4, 0.5) is 9.59 Å². The van der Waals surface area contributed by atoms with E-state index in [9.17, 15) is 19.2 Å². The molecule has 2 aromatic carbocycles. The van der Waals surface area contributed by atoms with Crippen LogP contribution in [0, 0.1) is 7.14 Å². The maximum Gasteiger partial charge on any atom is 0.410 e. The zero-order valence-corrected chi connectivity index (χ0v) is 35.4. The van der Waals surface area contributed by atoms with E-state index in [4.69, 9.17) is 28.8 Å². The summed E-state index contributed by atoms with van der Waals surface area (Å²) >= 11 is 4.45. The Morgan fingerprint density at radius 3 is 1.38 bits per heavy atom. The number of carbonyl (C=O) groups excluding carboxylic acids is 3. The number of carboxylic acid groups (broad SMARTS) is 1. The van der Waals surface area contributed by atoms with Gasteiger partial charge in [-0.2, -0.15) is 0 Å². The average molecular weight is 951 g/mol. The molecule has 0 atom stereocenters. The summed E-state index contributed by atoms with van der Waals surface area (Å²) < 4.78 is 29.3. The number of ether oxygens (including phenoxy) is 5. The quantitative estimate of drug-likeness (QED) is 0.0712. The highest BCUT2D eigenvalue weighted by Gasteiger charge is 2.23. The summed E-state index contributed by atoms with van der Waals surface area (Å²) in [5.74, 6) is 0.0892.